The van der Waals surface area contributed by atoms with Gasteiger partial charge in [-0.05, 0) is 18.2 Å². The number of halogens is 1. The van der Waals surface area contributed by atoms with Crippen LogP contribution in [0.3, 0.4) is 0 Å². The highest BCUT2D eigenvalue weighted by Gasteiger charge is 2.06. The highest BCUT2D eigenvalue weighted by Crippen LogP contribution is 2.25. The minimum absolute atomic E-state index is 0.110. The molecule has 0 unspecified atom stereocenters. The van der Waals surface area contributed by atoms with E-state index in [0.717, 1.165) is 22.0 Å². The number of nitrogens with zero attached hydrogens (tertiary/aromatic N) is 1. The summed E-state index contributed by atoms with van der Waals surface area (Å²) in [6.07, 6.45) is 0.386. The zero-order valence-corrected chi connectivity index (χ0v) is 15.1. The lowest BCUT2D eigenvalue weighted by atomic mass is 10.2. The fourth-order valence-corrected chi connectivity index (χ4v) is 3.98. The first-order valence-corrected chi connectivity index (χ1v) is 9.87. The van der Waals surface area contributed by atoms with E-state index in [1.54, 1.807) is 35.2 Å². The highest BCUT2D eigenvalue weighted by molar-refractivity contribution is 7.98. The van der Waals surface area contributed by atoms with Gasteiger partial charge in [0.05, 0.1) is 5.69 Å². The van der Waals surface area contributed by atoms with E-state index in [1.165, 1.54) is 12.1 Å². The topological polar surface area (TPSA) is 42.0 Å². The molecule has 0 saturated heterocycles. The molecule has 6 heteroatoms. The highest BCUT2D eigenvalue weighted by atomic mass is 32.2. The molecule has 0 spiro atoms. The van der Waals surface area contributed by atoms with E-state index in [9.17, 15) is 9.18 Å². The summed E-state index contributed by atoms with van der Waals surface area (Å²) in [5.74, 6) is 1.00. The zero-order chi connectivity index (χ0) is 17.5. The van der Waals surface area contributed by atoms with Crippen LogP contribution in [0.5, 0.6) is 0 Å². The standard InChI is InChI=1S/C19H17FN2OS2/c20-15-7-4-8-16(11-15)21-18(23)9-10-24-12-17-13-25-19(22-17)14-5-2-1-3-6-14/h1-8,11,13H,9-10,12H2,(H,21,23). The van der Waals surface area contributed by atoms with E-state index in [1.807, 2.05) is 30.3 Å². The van der Waals surface area contributed by atoms with Crippen LogP contribution in [0.25, 0.3) is 10.6 Å². The van der Waals surface area contributed by atoms with Crippen molar-refractivity contribution in [2.24, 2.45) is 0 Å². The quantitative estimate of drug-likeness (QED) is 0.579. The summed E-state index contributed by atoms with van der Waals surface area (Å²) in [6.45, 7) is 0. The van der Waals surface area contributed by atoms with Gasteiger partial charge in [0.1, 0.15) is 10.8 Å². The molecule has 3 nitrogen and oxygen atoms in total. The summed E-state index contributed by atoms with van der Waals surface area (Å²) in [5, 5.41) is 5.77. The van der Waals surface area contributed by atoms with Crippen molar-refractivity contribution in [3.63, 3.8) is 0 Å². The maximum Gasteiger partial charge on any atom is 0.225 e. The summed E-state index contributed by atoms with van der Waals surface area (Å²) in [5.41, 5.74) is 2.64. The number of thiazole rings is 1. The molecule has 3 rings (SSSR count). The molecule has 0 atom stereocenters. The Morgan fingerprint density at radius 3 is 2.80 bits per heavy atom. The first kappa shape index (κ1) is 17.6. The van der Waals surface area contributed by atoms with E-state index in [-0.39, 0.29) is 11.7 Å². The lowest BCUT2D eigenvalue weighted by Gasteiger charge is -2.04. The Bertz CT molecular complexity index is 836. The van der Waals surface area contributed by atoms with Crippen molar-refractivity contribution in [2.45, 2.75) is 12.2 Å². The van der Waals surface area contributed by atoms with Gasteiger partial charge in [0.25, 0.3) is 0 Å². The van der Waals surface area contributed by atoms with Crippen LogP contribution in [0, 0.1) is 5.82 Å². The number of nitrogens with one attached hydrogen (secondary N) is 1. The van der Waals surface area contributed by atoms with Crippen molar-refractivity contribution in [3.8, 4) is 10.6 Å². The number of anilines is 1. The number of rotatable bonds is 7. The zero-order valence-electron chi connectivity index (χ0n) is 13.4. The third kappa shape index (κ3) is 5.41. The summed E-state index contributed by atoms with van der Waals surface area (Å²) in [6, 6.07) is 16.0. The predicted octanol–water partition coefficient (Wildman–Crippen LogP) is 5.21. The van der Waals surface area contributed by atoms with Gasteiger partial charge in [-0.2, -0.15) is 11.8 Å². The molecule has 1 aromatic heterocycles. The molecule has 0 aliphatic rings. The molecule has 0 aliphatic carbocycles. The molecular weight excluding hydrogens is 355 g/mol. The van der Waals surface area contributed by atoms with Crippen LogP contribution in [0.2, 0.25) is 0 Å². The predicted molar refractivity (Wildman–Crippen MR) is 103 cm³/mol. The largest absolute Gasteiger partial charge is 0.326 e. The number of hydrogen-bond donors (Lipinski definition) is 1. The Balaban J connectivity index is 1.41. The molecule has 3 aromatic rings. The van der Waals surface area contributed by atoms with Crippen LogP contribution in [-0.4, -0.2) is 16.6 Å². The van der Waals surface area contributed by atoms with Crippen LogP contribution in [0.15, 0.2) is 60.0 Å². The van der Waals surface area contributed by atoms with E-state index >= 15 is 0 Å². The molecule has 0 bridgehead atoms. The van der Waals surface area contributed by atoms with Gasteiger partial charge >= 0.3 is 0 Å². The molecule has 25 heavy (non-hydrogen) atoms. The summed E-state index contributed by atoms with van der Waals surface area (Å²) in [4.78, 5) is 16.5. The number of carbonyl (C=O) groups is 1. The van der Waals surface area contributed by atoms with Crippen molar-refractivity contribution in [1.82, 2.24) is 4.98 Å². The number of hydrogen-bond acceptors (Lipinski definition) is 4. The third-order valence-corrected chi connectivity index (χ3v) is 5.34. The van der Waals surface area contributed by atoms with Gasteiger partial charge in [-0.15, -0.1) is 11.3 Å². The smallest absolute Gasteiger partial charge is 0.225 e. The second-order valence-corrected chi connectivity index (χ2v) is 7.33. The first-order chi connectivity index (χ1) is 12.2. The maximum absolute atomic E-state index is 13.1. The normalized spacial score (nSPS) is 10.6. The molecular formula is C19H17FN2OS2. The van der Waals surface area contributed by atoms with Crippen LogP contribution in [-0.2, 0) is 10.5 Å². The minimum Gasteiger partial charge on any atom is -0.326 e. The van der Waals surface area contributed by atoms with Gasteiger partial charge in [0, 0.05) is 34.6 Å². The number of thioether (sulfide) groups is 1. The van der Waals surface area contributed by atoms with Gasteiger partial charge in [-0.3, -0.25) is 4.79 Å². The number of amides is 1. The second kappa shape index (κ2) is 8.78. The van der Waals surface area contributed by atoms with Gasteiger partial charge in [-0.1, -0.05) is 36.4 Å². The van der Waals surface area contributed by atoms with Gasteiger partial charge < -0.3 is 5.32 Å². The Hall–Kier alpha value is -2.18. The van der Waals surface area contributed by atoms with Crippen LogP contribution in [0.4, 0.5) is 10.1 Å². The van der Waals surface area contributed by atoms with E-state index in [4.69, 9.17) is 0 Å². The van der Waals surface area contributed by atoms with Gasteiger partial charge in [0.15, 0.2) is 0 Å². The van der Waals surface area contributed by atoms with Crippen LogP contribution < -0.4 is 5.32 Å². The molecule has 0 fully saturated rings. The third-order valence-electron chi connectivity index (χ3n) is 3.40. The molecule has 1 heterocycles. The Kier molecular flexibility index (Phi) is 6.19. The number of aromatic nitrogens is 1. The van der Waals surface area contributed by atoms with Crippen LogP contribution >= 0.6 is 23.1 Å². The lowest BCUT2D eigenvalue weighted by molar-refractivity contribution is -0.115. The fourth-order valence-electron chi connectivity index (χ4n) is 2.22. The summed E-state index contributed by atoms with van der Waals surface area (Å²) >= 11 is 3.30. The molecule has 0 radical (unpaired) electrons. The first-order valence-electron chi connectivity index (χ1n) is 7.84. The SMILES string of the molecule is O=C(CCSCc1csc(-c2ccccc2)n1)Nc1cccc(F)c1. The average Bonchev–Trinajstić information content (AvgIpc) is 3.08. The maximum atomic E-state index is 13.1. The van der Waals surface area contributed by atoms with Crippen molar-refractivity contribution < 1.29 is 9.18 Å². The lowest BCUT2D eigenvalue weighted by Crippen LogP contribution is -2.12. The van der Waals surface area contributed by atoms with Crippen molar-refractivity contribution in [3.05, 3.63) is 71.5 Å². The summed E-state index contributed by atoms with van der Waals surface area (Å²) < 4.78 is 13.1. The van der Waals surface area contributed by atoms with E-state index in [2.05, 4.69) is 15.7 Å². The molecule has 1 N–H and O–H groups in total. The average molecular weight is 372 g/mol. The fraction of sp³-hybridized carbons (Fsp3) is 0.158. The van der Waals surface area contributed by atoms with Crippen molar-refractivity contribution in [2.75, 3.05) is 11.1 Å². The Morgan fingerprint density at radius 2 is 2.00 bits per heavy atom. The molecule has 2 aromatic carbocycles. The molecule has 0 saturated carbocycles. The second-order valence-electron chi connectivity index (χ2n) is 5.37. The van der Waals surface area contributed by atoms with Crippen molar-refractivity contribution in [1.29, 1.82) is 0 Å². The van der Waals surface area contributed by atoms with E-state index in [0.29, 0.717) is 17.9 Å². The Labute approximate surface area is 154 Å². The van der Waals surface area contributed by atoms with Crippen molar-refractivity contribution >= 4 is 34.7 Å². The molecule has 128 valence electrons. The minimum atomic E-state index is -0.357. The molecule has 1 amide bonds. The van der Waals surface area contributed by atoms with Gasteiger partial charge in [0.2, 0.25) is 5.91 Å². The molecule has 0 aliphatic heterocycles. The number of carbonyl (C=O) groups excluding carboxylic acids is 1. The number of benzene rings is 2. The summed E-state index contributed by atoms with van der Waals surface area (Å²) in [7, 11) is 0. The van der Waals surface area contributed by atoms with Gasteiger partial charge in [-0.25, -0.2) is 9.37 Å². The monoisotopic (exact) mass is 372 g/mol. The van der Waals surface area contributed by atoms with Crippen LogP contribution in [0.1, 0.15) is 12.1 Å². The van der Waals surface area contributed by atoms with E-state index < -0.39 is 0 Å². The Morgan fingerprint density at radius 1 is 1.16 bits per heavy atom.